The van der Waals surface area contributed by atoms with Crippen molar-refractivity contribution >= 4 is 39.2 Å². The molecule has 4 rings (SSSR count). The fraction of sp³-hybridized carbons (Fsp3) is 0. The van der Waals surface area contributed by atoms with Crippen LogP contribution in [-0.2, 0) is 0 Å². The van der Waals surface area contributed by atoms with Crippen LogP contribution in [0.3, 0.4) is 0 Å². The molecular formula is C17H12N4O3. The van der Waals surface area contributed by atoms with Crippen molar-refractivity contribution in [3.63, 3.8) is 0 Å². The molecule has 0 radical (unpaired) electrons. The number of amides is 1. The first-order valence-electron chi connectivity index (χ1n) is 7.14. The zero-order chi connectivity index (χ0) is 16.7. The van der Waals surface area contributed by atoms with Gasteiger partial charge in [0.1, 0.15) is 11.3 Å². The minimum absolute atomic E-state index is 0.0222. The normalized spacial score (nSPS) is 11.0. The van der Waals surface area contributed by atoms with Crippen LogP contribution < -0.4 is 11.1 Å². The Bertz CT molecular complexity index is 1090. The lowest BCUT2D eigenvalue weighted by molar-refractivity contribution is 0.0977. The van der Waals surface area contributed by atoms with E-state index in [9.17, 15) is 9.90 Å². The molecule has 118 valence electrons. The van der Waals surface area contributed by atoms with Gasteiger partial charge in [0.25, 0.3) is 5.91 Å². The lowest BCUT2D eigenvalue weighted by atomic mass is 10.2. The Morgan fingerprint density at radius 2 is 2.12 bits per heavy atom. The molecule has 0 saturated heterocycles. The summed E-state index contributed by atoms with van der Waals surface area (Å²) in [6, 6.07) is 8.68. The second kappa shape index (κ2) is 5.24. The Balaban J connectivity index is 1.84. The van der Waals surface area contributed by atoms with E-state index < -0.39 is 5.91 Å². The first-order chi connectivity index (χ1) is 11.6. The number of nitrogens with one attached hydrogen (secondary N) is 1. The first-order valence-corrected chi connectivity index (χ1v) is 7.14. The number of hydrogen-bond acceptors (Lipinski definition) is 6. The number of nitrogens with two attached hydrogens (primary N) is 1. The number of phenols is 1. The molecule has 4 aromatic rings. The molecule has 4 N–H and O–H groups in total. The average molecular weight is 320 g/mol. The number of fused-ring (bicyclic) bond motifs is 2. The summed E-state index contributed by atoms with van der Waals surface area (Å²) in [4.78, 5) is 19.9. The van der Waals surface area contributed by atoms with E-state index in [1.54, 1.807) is 30.6 Å². The van der Waals surface area contributed by atoms with Crippen LogP contribution >= 0.6 is 0 Å². The molecule has 0 aliphatic heterocycles. The van der Waals surface area contributed by atoms with Gasteiger partial charge in [-0.1, -0.05) is 12.1 Å². The number of primary amides is 1. The number of rotatable bonds is 3. The molecule has 1 aromatic carbocycles. The maximum atomic E-state index is 11.7. The summed E-state index contributed by atoms with van der Waals surface area (Å²) in [5.74, 6) is -0.550. The number of carbonyl (C=O) groups excluding carboxylic acids is 1. The highest BCUT2D eigenvalue weighted by Crippen LogP contribution is 2.33. The lowest BCUT2D eigenvalue weighted by Gasteiger charge is -2.07. The number of anilines is 2. The Morgan fingerprint density at radius 3 is 2.96 bits per heavy atom. The van der Waals surface area contributed by atoms with E-state index in [-0.39, 0.29) is 11.5 Å². The van der Waals surface area contributed by atoms with E-state index in [4.69, 9.17) is 10.2 Å². The Hall–Kier alpha value is -3.61. The van der Waals surface area contributed by atoms with Gasteiger partial charge >= 0.3 is 0 Å². The standard InChI is InChI=1S/C17H12N4O3/c18-17(23)16-15(11-4-5-19-8-13(11)24-16)21-10-6-9-2-1-3-12(22)14(9)20-7-10/h1-8,21-22H,(H2,18,23). The summed E-state index contributed by atoms with van der Waals surface area (Å²) < 4.78 is 5.48. The van der Waals surface area contributed by atoms with E-state index >= 15 is 0 Å². The molecule has 3 heterocycles. The van der Waals surface area contributed by atoms with Crippen LogP contribution in [0.5, 0.6) is 5.75 Å². The lowest BCUT2D eigenvalue weighted by Crippen LogP contribution is -2.11. The highest BCUT2D eigenvalue weighted by molar-refractivity contribution is 6.06. The minimum atomic E-state index is -0.680. The van der Waals surface area contributed by atoms with Crippen LogP contribution in [0, 0.1) is 0 Å². The van der Waals surface area contributed by atoms with Crippen molar-refractivity contribution in [3.05, 3.63) is 54.7 Å². The van der Waals surface area contributed by atoms with Crippen molar-refractivity contribution in [1.82, 2.24) is 9.97 Å². The second-order valence-corrected chi connectivity index (χ2v) is 5.24. The van der Waals surface area contributed by atoms with Crippen molar-refractivity contribution in [2.24, 2.45) is 5.73 Å². The van der Waals surface area contributed by atoms with Crippen molar-refractivity contribution in [3.8, 4) is 5.75 Å². The van der Waals surface area contributed by atoms with Gasteiger partial charge in [0.15, 0.2) is 5.58 Å². The Kier molecular flexibility index (Phi) is 3.06. The smallest absolute Gasteiger partial charge is 0.286 e. The van der Waals surface area contributed by atoms with Gasteiger partial charge in [-0.15, -0.1) is 0 Å². The zero-order valence-electron chi connectivity index (χ0n) is 12.4. The van der Waals surface area contributed by atoms with Gasteiger partial charge in [-0.2, -0.15) is 0 Å². The third-order valence-corrected chi connectivity index (χ3v) is 3.68. The van der Waals surface area contributed by atoms with Crippen LogP contribution in [0.25, 0.3) is 21.9 Å². The van der Waals surface area contributed by atoms with Crippen LogP contribution in [0.15, 0.2) is 53.3 Å². The Morgan fingerprint density at radius 1 is 1.25 bits per heavy atom. The fourth-order valence-electron chi connectivity index (χ4n) is 2.61. The third-order valence-electron chi connectivity index (χ3n) is 3.68. The third kappa shape index (κ3) is 2.19. The molecule has 1 amide bonds. The minimum Gasteiger partial charge on any atom is -0.506 e. The molecule has 0 spiro atoms. The van der Waals surface area contributed by atoms with Crippen LogP contribution in [0.2, 0.25) is 0 Å². The largest absolute Gasteiger partial charge is 0.506 e. The number of para-hydroxylation sites is 1. The molecule has 0 aliphatic rings. The fourth-order valence-corrected chi connectivity index (χ4v) is 2.61. The molecule has 0 unspecified atom stereocenters. The van der Waals surface area contributed by atoms with E-state index in [2.05, 4.69) is 15.3 Å². The molecule has 0 saturated carbocycles. The monoisotopic (exact) mass is 320 g/mol. The summed E-state index contributed by atoms with van der Waals surface area (Å²) in [6.45, 7) is 0. The second-order valence-electron chi connectivity index (χ2n) is 5.24. The van der Waals surface area contributed by atoms with Gasteiger partial charge in [-0.05, 0) is 18.2 Å². The van der Waals surface area contributed by atoms with Gasteiger partial charge in [0.2, 0.25) is 5.76 Å². The molecule has 0 atom stereocenters. The summed E-state index contributed by atoms with van der Waals surface area (Å²) in [6.07, 6.45) is 4.68. The number of phenolic OH excluding ortho intramolecular Hbond substituents is 1. The van der Waals surface area contributed by atoms with E-state index in [0.29, 0.717) is 27.9 Å². The highest BCUT2D eigenvalue weighted by atomic mass is 16.3. The number of aromatic hydroxyl groups is 1. The molecule has 0 bridgehead atoms. The maximum absolute atomic E-state index is 11.7. The molecule has 7 nitrogen and oxygen atoms in total. The number of hydrogen-bond donors (Lipinski definition) is 3. The molecule has 7 heteroatoms. The number of aromatic nitrogens is 2. The average Bonchev–Trinajstić information content (AvgIpc) is 2.94. The molecule has 24 heavy (non-hydrogen) atoms. The van der Waals surface area contributed by atoms with Crippen molar-refractivity contribution in [2.75, 3.05) is 5.32 Å². The van der Waals surface area contributed by atoms with E-state index in [0.717, 1.165) is 5.39 Å². The number of carbonyl (C=O) groups is 1. The van der Waals surface area contributed by atoms with Crippen LogP contribution in [-0.4, -0.2) is 21.0 Å². The maximum Gasteiger partial charge on any atom is 0.286 e. The van der Waals surface area contributed by atoms with Crippen molar-refractivity contribution in [1.29, 1.82) is 0 Å². The highest BCUT2D eigenvalue weighted by Gasteiger charge is 2.19. The zero-order valence-corrected chi connectivity index (χ0v) is 12.4. The van der Waals surface area contributed by atoms with Gasteiger partial charge < -0.3 is 20.6 Å². The van der Waals surface area contributed by atoms with E-state index in [1.807, 2.05) is 12.1 Å². The number of benzene rings is 1. The van der Waals surface area contributed by atoms with Gasteiger partial charge in [0, 0.05) is 17.0 Å². The molecule has 0 aliphatic carbocycles. The number of furan rings is 1. The Labute approximate surface area is 135 Å². The molecular weight excluding hydrogens is 308 g/mol. The summed E-state index contributed by atoms with van der Waals surface area (Å²) in [7, 11) is 0. The van der Waals surface area contributed by atoms with Crippen LogP contribution in [0.4, 0.5) is 11.4 Å². The van der Waals surface area contributed by atoms with Gasteiger partial charge in [-0.25, -0.2) is 0 Å². The molecule has 0 fully saturated rings. The van der Waals surface area contributed by atoms with Crippen molar-refractivity contribution < 1.29 is 14.3 Å². The van der Waals surface area contributed by atoms with Crippen molar-refractivity contribution in [2.45, 2.75) is 0 Å². The summed E-state index contributed by atoms with van der Waals surface area (Å²) >= 11 is 0. The number of pyridine rings is 2. The predicted octanol–water partition coefficient (Wildman–Crippen LogP) is 2.92. The summed E-state index contributed by atoms with van der Waals surface area (Å²) in [5.41, 5.74) is 7.45. The first kappa shape index (κ1) is 14.0. The number of nitrogens with zero attached hydrogens (tertiary/aromatic N) is 2. The van der Waals surface area contributed by atoms with Gasteiger partial charge in [-0.3, -0.25) is 14.8 Å². The van der Waals surface area contributed by atoms with Gasteiger partial charge in [0.05, 0.1) is 23.8 Å². The predicted molar refractivity (Wildman–Crippen MR) is 89.2 cm³/mol. The summed E-state index contributed by atoms with van der Waals surface area (Å²) in [5, 5.41) is 14.4. The van der Waals surface area contributed by atoms with E-state index in [1.165, 1.54) is 6.20 Å². The topological polar surface area (TPSA) is 114 Å². The SMILES string of the molecule is NC(=O)c1oc2cnccc2c1Nc1cnc2c(O)cccc2c1. The molecule has 3 aromatic heterocycles. The van der Waals surface area contributed by atoms with Crippen LogP contribution in [0.1, 0.15) is 10.6 Å². The quantitative estimate of drug-likeness (QED) is 0.535.